The zero-order chi connectivity index (χ0) is 11.7. The fraction of sp³-hybridized carbons (Fsp3) is 0.250. The van der Waals surface area contributed by atoms with Crippen LogP contribution in [-0.2, 0) is 53.9 Å². The van der Waals surface area contributed by atoms with E-state index in [4.69, 9.17) is 9.79 Å². The molecule has 8 nitrogen and oxygen atoms in total. The molecule has 0 radical (unpaired) electrons. The van der Waals surface area contributed by atoms with E-state index in [9.17, 15) is 18.9 Å². The zero-order valence-electron chi connectivity index (χ0n) is 7.61. The molecule has 1 unspecified atom stereocenters. The van der Waals surface area contributed by atoms with Crippen molar-refractivity contribution >= 4 is 31.7 Å². The van der Waals surface area contributed by atoms with Gasteiger partial charge in [-0.2, -0.15) is 0 Å². The molecule has 1 heterocycles. The number of thiazole rings is 1. The Morgan fingerprint density at radius 3 is 2.18 bits per heavy atom. The van der Waals surface area contributed by atoms with E-state index < -0.39 is 20.7 Å². The summed E-state index contributed by atoms with van der Waals surface area (Å²) in [5.74, 6) is 0. The molecule has 0 aliphatic heterocycles. The molecule has 0 amide bonds. The number of aromatic nitrogens is 1. The van der Waals surface area contributed by atoms with E-state index in [1.807, 2.05) is 5.32 Å². The van der Waals surface area contributed by atoms with Crippen LogP contribution in [0.4, 0.5) is 5.13 Å². The number of hydrogen-bond acceptors (Lipinski definition) is 7. The summed E-state index contributed by atoms with van der Waals surface area (Å²) >= 11 is 0.919. The largest absolute Gasteiger partial charge is 1.00 e. The van der Waals surface area contributed by atoms with Gasteiger partial charge >= 0.3 is 52.4 Å². The van der Waals surface area contributed by atoms with Crippen molar-refractivity contribution in [2.24, 2.45) is 0 Å². The van der Waals surface area contributed by atoms with Gasteiger partial charge in [-0.25, -0.2) is 4.98 Å². The predicted octanol–water partition coefficient (Wildman–Crippen LogP) is -1.08. The fourth-order valence-electron chi connectivity index (χ4n) is 0.753. The third-order valence-electron chi connectivity index (χ3n) is 1.30. The van der Waals surface area contributed by atoms with Gasteiger partial charge in [0.1, 0.15) is 0 Å². The second kappa shape index (κ2) is 7.72. The van der Waals surface area contributed by atoms with E-state index in [2.05, 4.69) is 4.98 Å². The van der Waals surface area contributed by atoms with Crippen molar-refractivity contribution in [1.82, 2.24) is 4.98 Å². The van der Waals surface area contributed by atoms with Gasteiger partial charge in [0.2, 0.25) is 0 Å². The monoisotopic (exact) mass is 486 g/mol. The van der Waals surface area contributed by atoms with Crippen LogP contribution < -0.4 is 15.1 Å². The fourth-order valence-corrected chi connectivity index (χ4v) is 3.53. The summed E-state index contributed by atoms with van der Waals surface area (Å²) in [4.78, 5) is 42.1. The second-order valence-corrected chi connectivity index (χ2v) is 7.08. The molecule has 17 heavy (non-hydrogen) atoms. The number of rotatable bonds is 4. The van der Waals surface area contributed by atoms with Gasteiger partial charge in [-0.1, -0.05) is 0 Å². The quantitative estimate of drug-likeness (QED) is 0.359. The van der Waals surface area contributed by atoms with Crippen LogP contribution in [-0.4, -0.2) is 20.3 Å². The van der Waals surface area contributed by atoms with E-state index in [1.165, 1.54) is 11.6 Å². The Balaban J connectivity index is 0. The van der Waals surface area contributed by atoms with E-state index in [0.29, 0.717) is 0 Å². The predicted molar refractivity (Wildman–Crippen MR) is 49.2 cm³/mol. The first-order valence-electron chi connectivity index (χ1n) is 3.44. The third kappa shape index (κ3) is 6.79. The van der Waals surface area contributed by atoms with Crippen LogP contribution in [0.3, 0.4) is 0 Å². The number of nitrogens with zero attached hydrogens (tertiary/aromatic N) is 1. The first-order chi connectivity index (χ1) is 6.71. The number of hydrogen-bond donors (Lipinski definition) is 3. The van der Waals surface area contributed by atoms with Gasteiger partial charge in [0, 0.05) is 11.6 Å². The Morgan fingerprint density at radius 2 is 1.88 bits per heavy atom. The topological polar surface area (TPSA) is 146 Å². The molecule has 0 saturated heterocycles. The number of nitrogens with one attached hydrogen (secondary N) is 1. The zero-order valence-corrected chi connectivity index (χ0v) is 13.2. The van der Waals surface area contributed by atoms with Crippen molar-refractivity contribution in [2.45, 2.75) is 5.52 Å². The first-order valence-corrected chi connectivity index (χ1v) is 7.61. The molecule has 1 rings (SSSR count). The SMILES string of the molecule is O=P([O-])([O-])C(Nc1nccs1)P(=O)(O)O.[Ag+].[Ag+]. The smallest absolute Gasteiger partial charge is 0.809 e. The van der Waals surface area contributed by atoms with Gasteiger partial charge in [-0.05, 0) is 7.60 Å². The van der Waals surface area contributed by atoms with Crippen molar-refractivity contribution in [3.63, 3.8) is 0 Å². The molecule has 1 aromatic rings. The van der Waals surface area contributed by atoms with E-state index in [-0.39, 0.29) is 49.9 Å². The summed E-state index contributed by atoms with van der Waals surface area (Å²) in [6.07, 6.45) is 1.30. The molecule has 3 N–H and O–H groups in total. The van der Waals surface area contributed by atoms with Crippen molar-refractivity contribution < 1.29 is 73.5 Å². The molecule has 0 spiro atoms. The Labute approximate surface area is 132 Å². The maximum atomic E-state index is 10.7. The minimum Gasteiger partial charge on any atom is -0.809 e. The molecule has 106 valence electrons. The minimum absolute atomic E-state index is 0. The summed E-state index contributed by atoms with van der Waals surface area (Å²) in [6.45, 7) is 0. The van der Waals surface area contributed by atoms with Gasteiger partial charge in [-0.3, -0.25) is 4.57 Å². The van der Waals surface area contributed by atoms with Gasteiger partial charge in [0.15, 0.2) is 10.7 Å². The van der Waals surface area contributed by atoms with Crippen LogP contribution in [0.1, 0.15) is 0 Å². The molecular formula is C4H6Ag2N2O6P2S. The molecule has 1 aromatic heterocycles. The average molecular weight is 488 g/mol. The van der Waals surface area contributed by atoms with Crippen molar-refractivity contribution in [1.29, 1.82) is 0 Å². The summed E-state index contributed by atoms with van der Waals surface area (Å²) < 4.78 is 21.3. The van der Waals surface area contributed by atoms with E-state index >= 15 is 0 Å². The molecule has 13 heteroatoms. The van der Waals surface area contributed by atoms with Crippen molar-refractivity contribution in [3.05, 3.63) is 11.6 Å². The standard InChI is InChI=1S/C4H8N2O6P2S.2Ag/c7-13(8,9)4(14(10,11)12)6-3-5-1-2-15-3;;/h1-2,4H,(H,5,6)(H2,7,8,9)(H2,10,11,12);;/q;2*+1/p-2. The number of anilines is 1. The second-order valence-electron chi connectivity index (χ2n) is 2.48. The molecule has 0 aromatic carbocycles. The summed E-state index contributed by atoms with van der Waals surface area (Å²) in [6, 6.07) is 0. The Hall–Kier alpha value is 1.21. The van der Waals surface area contributed by atoms with Gasteiger partial charge < -0.3 is 29.5 Å². The molecule has 0 saturated carbocycles. The maximum absolute atomic E-state index is 10.7. The third-order valence-corrected chi connectivity index (χ3v) is 5.25. The van der Waals surface area contributed by atoms with Crippen LogP contribution in [0.5, 0.6) is 0 Å². The van der Waals surface area contributed by atoms with E-state index in [0.717, 1.165) is 11.3 Å². The van der Waals surface area contributed by atoms with Crippen LogP contribution >= 0.6 is 26.5 Å². The first kappa shape index (κ1) is 20.5. The maximum Gasteiger partial charge on any atom is 1.00 e. The summed E-state index contributed by atoms with van der Waals surface area (Å²) in [7, 11) is -10.5. The van der Waals surface area contributed by atoms with Crippen LogP contribution in [0.25, 0.3) is 0 Å². The molecule has 1 atom stereocenters. The van der Waals surface area contributed by atoms with Crippen LogP contribution in [0, 0.1) is 0 Å². The van der Waals surface area contributed by atoms with E-state index in [1.54, 1.807) is 0 Å². The van der Waals surface area contributed by atoms with Gasteiger partial charge in [-0.15, -0.1) is 11.3 Å². The Morgan fingerprint density at radius 1 is 1.35 bits per heavy atom. The normalized spacial score (nSPS) is 13.2. The molecule has 0 aliphatic rings. The molecule has 0 fully saturated rings. The van der Waals surface area contributed by atoms with Crippen LogP contribution in [0.15, 0.2) is 11.6 Å². The molecule has 0 aliphatic carbocycles. The average Bonchev–Trinajstić information content (AvgIpc) is 2.46. The van der Waals surface area contributed by atoms with Crippen molar-refractivity contribution in [2.75, 3.05) is 5.32 Å². The molecular weight excluding hydrogens is 482 g/mol. The van der Waals surface area contributed by atoms with Crippen LogP contribution in [0.2, 0.25) is 0 Å². The molecule has 0 bridgehead atoms. The van der Waals surface area contributed by atoms with Gasteiger partial charge in [0.05, 0.1) is 0 Å². The Kier molecular flexibility index (Phi) is 9.32. The van der Waals surface area contributed by atoms with Crippen molar-refractivity contribution in [3.8, 4) is 0 Å². The van der Waals surface area contributed by atoms with Gasteiger partial charge in [0.25, 0.3) is 0 Å². The summed E-state index contributed by atoms with van der Waals surface area (Å²) in [5.41, 5.74) is -2.48. The minimum atomic E-state index is -5.45. The Bertz CT molecular complexity index is 396. The summed E-state index contributed by atoms with van der Waals surface area (Å²) in [5, 5.41) is 3.31.